The first kappa shape index (κ1) is 6.90. The summed E-state index contributed by atoms with van der Waals surface area (Å²) in [4.78, 5) is 17.6. The molecule has 2 heterocycles. The molecule has 0 radical (unpaired) electrons. The molecule has 0 atom stereocenters. The van der Waals surface area contributed by atoms with E-state index in [0.29, 0.717) is 12.0 Å². The molecule has 0 aliphatic heterocycles. The number of nitrogens with zero attached hydrogens (tertiary/aromatic N) is 3. The molecule has 0 aliphatic carbocycles. The molecule has 0 bridgehead atoms. The number of rotatable bonds is 1. The fourth-order valence-corrected chi connectivity index (χ4v) is 0.955. The van der Waals surface area contributed by atoms with Gasteiger partial charge in [0.25, 0.3) is 0 Å². The quantitative estimate of drug-likeness (QED) is 0.461. The Balaban J connectivity index is 2.81. The Labute approximate surface area is 66.7 Å². The summed E-state index contributed by atoms with van der Waals surface area (Å²) in [6.45, 7) is 0. The van der Waals surface area contributed by atoms with Crippen molar-refractivity contribution in [1.29, 1.82) is 0 Å². The summed E-state index contributed by atoms with van der Waals surface area (Å²) >= 11 is 0. The van der Waals surface area contributed by atoms with Gasteiger partial charge in [-0.05, 0) is 0 Å². The zero-order chi connectivity index (χ0) is 8.55. The molecule has 0 unspecified atom stereocenters. The molecule has 0 aliphatic rings. The Morgan fingerprint density at radius 1 is 1.58 bits per heavy atom. The number of hydrogen-bond acceptors (Lipinski definition) is 3. The van der Waals surface area contributed by atoms with Gasteiger partial charge in [0.1, 0.15) is 5.69 Å². The Hall–Kier alpha value is -1.78. The van der Waals surface area contributed by atoms with Crippen molar-refractivity contribution in [2.45, 2.75) is 0 Å². The minimum absolute atomic E-state index is 0.192. The summed E-state index contributed by atoms with van der Waals surface area (Å²) in [6, 6.07) is 1.17. The normalized spacial score (nSPS) is 10.4. The smallest absolute Gasteiger partial charge is 0.236 e. The van der Waals surface area contributed by atoms with Gasteiger partial charge < -0.3 is 0 Å². The summed E-state index contributed by atoms with van der Waals surface area (Å²) < 4.78 is 13.9. The van der Waals surface area contributed by atoms with E-state index in [4.69, 9.17) is 0 Å². The molecule has 2 rings (SSSR count). The maximum Gasteiger partial charge on any atom is 0.236 e. The third-order valence-electron chi connectivity index (χ3n) is 1.49. The number of imidazole rings is 1. The monoisotopic (exact) mass is 165 g/mol. The van der Waals surface area contributed by atoms with Crippen LogP contribution in [0, 0.1) is 5.95 Å². The third-order valence-corrected chi connectivity index (χ3v) is 1.49. The second-order valence-electron chi connectivity index (χ2n) is 2.22. The highest BCUT2D eigenvalue weighted by Gasteiger charge is 2.02. The Morgan fingerprint density at radius 3 is 3.17 bits per heavy atom. The van der Waals surface area contributed by atoms with Crippen molar-refractivity contribution in [3.8, 4) is 0 Å². The molecular formula is C7H4FN3O. The van der Waals surface area contributed by atoms with Gasteiger partial charge in [-0.1, -0.05) is 0 Å². The fraction of sp³-hybridized carbons (Fsp3) is 0. The van der Waals surface area contributed by atoms with E-state index in [1.165, 1.54) is 22.9 Å². The lowest BCUT2D eigenvalue weighted by Gasteiger charge is -1.92. The summed E-state index contributed by atoms with van der Waals surface area (Å²) in [6.07, 6.45) is 3.39. The van der Waals surface area contributed by atoms with Crippen LogP contribution in [0.3, 0.4) is 0 Å². The van der Waals surface area contributed by atoms with E-state index in [1.807, 2.05) is 0 Å². The molecule has 4 nitrogen and oxygen atoms in total. The van der Waals surface area contributed by atoms with Crippen LogP contribution in [0.25, 0.3) is 5.78 Å². The maximum absolute atomic E-state index is 12.5. The molecule has 0 spiro atoms. The molecule has 12 heavy (non-hydrogen) atoms. The van der Waals surface area contributed by atoms with Crippen LogP contribution in [0.2, 0.25) is 0 Å². The SMILES string of the molecule is O=Cc1cnc2nc(F)ccn12. The summed E-state index contributed by atoms with van der Waals surface area (Å²) in [5, 5.41) is 0. The Morgan fingerprint density at radius 2 is 2.42 bits per heavy atom. The molecular weight excluding hydrogens is 161 g/mol. The molecule has 60 valence electrons. The second kappa shape index (κ2) is 2.37. The van der Waals surface area contributed by atoms with Crippen molar-refractivity contribution in [1.82, 2.24) is 14.4 Å². The highest BCUT2D eigenvalue weighted by atomic mass is 19.1. The Kier molecular flexibility index (Phi) is 1.36. The van der Waals surface area contributed by atoms with Gasteiger partial charge in [0.05, 0.1) is 6.20 Å². The van der Waals surface area contributed by atoms with E-state index in [-0.39, 0.29) is 5.78 Å². The van der Waals surface area contributed by atoms with E-state index < -0.39 is 5.95 Å². The second-order valence-corrected chi connectivity index (χ2v) is 2.22. The molecule has 0 fully saturated rings. The molecule has 0 aromatic carbocycles. The van der Waals surface area contributed by atoms with Crippen LogP contribution in [0.5, 0.6) is 0 Å². The average Bonchev–Trinajstić information content (AvgIpc) is 2.46. The van der Waals surface area contributed by atoms with Crippen LogP contribution in [-0.4, -0.2) is 20.7 Å². The van der Waals surface area contributed by atoms with Gasteiger partial charge in [0, 0.05) is 12.3 Å². The van der Waals surface area contributed by atoms with E-state index >= 15 is 0 Å². The van der Waals surface area contributed by atoms with Crippen LogP contribution in [-0.2, 0) is 0 Å². The number of aldehydes is 1. The van der Waals surface area contributed by atoms with Crippen molar-refractivity contribution in [3.05, 3.63) is 30.1 Å². The third kappa shape index (κ3) is 0.868. The number of carbonyl (C=O) groups excluding carboxylic acids is 1. The summed E-state index contributed by atoms with van der Waals surface area (Å²) in [7, 11) is 0. The number of fused-ring (bicyclic) bond motifs is 1. The van der Waals surface area contributed by atoms with Gasteiger partial charge in [-0.3, -0.25) is 9.20 Å². The van der Waals surface area contributed by atoms with Crippen molar-refractivity contribution in [2.75, 3.05) is 0 Å². The predicted octanol–water partition coefficient (Wildman–Crippen LogP) is 0.681. The number of hydrogen-bond donors (Lipinski definition) is 0. The minimum Gasteiger partial charge on any atom is -0.296 e. The highest BCUT2D eigenvalue weighted by Crippen LogP contribution is 2.02. The highest BCUT2D eigenvalue weighted by molar-refractivity contribution is 5.73. The first-order chi connectivity index (χ1) is 5.81. The lowest BCUT2D eigenvalue weighted by atomic mass is 10.5. The zero-order valence-electron chi connectivity index (χ0n) is 5.94. The van der Waals surface area contributed by atoms with Crippen LogP contribution in [0.15, 0.2) is 18.5 Å². The minimum atomic E-state index is -0.606. The van der Waals surface area contributed by atoms with Crippen molar-refractivity contribution >= 4 is 12.1 Å². The zero-order valence-corrected chi connectivity index (χ0v) is 5.94. The van der Waals surface area contributed by atoms with Crippen LogP contribution in [0.4, 0.5) is 4.39 Å². The molecule has 0 saturated heterocycles. The average molecular weight is 165 g/mol. The van der Waals surface area contributed by atoms with E-state index in [1.54, 1.807) is 0 Å². The number of aromatic nitrogens is 3. The lowest BCUT2D eigenvalue weighted by molar-refractivity contribution is 0.111. The fourth-order valence-electron chi connectivity index (χ4n) is 0.955. The van der Waals surface area contributed by atoms with Crippen LogP contribution >= 0.6 is 0 Å². The largest absolute Gasteiger partial charge is 0.296 e. The van der Waals surface area contributed by atoms with Crippen molar-refractivity contribution in [3.63, 3.8) is 0 Å². The molecule has 2 aromatic rings. The van der Waals surface area contributed by atoms with Gasteiger partial charge in [0.2, 0.25) is 11.7 Å². The topological polar surface area (TPSA) is 47.3 Å². The van der Waals surface area contributed by atoms with Gasteiger partial charge in [-0.2, -0.15) is 9.37 Å². The standard InChI is InChI=1S/C7H4FN3O/c8-6-1-2-11-5(4-12)3-9-7(11)10-6/h1-4H. The molecule has 5 heteroatoms. The van der Waals surface area contributed by atoms with Gasteiger partial charge in [-0.25, -0.2) is 4.98 Å². The van der Waals surface area contributed by atoms with E-state index in [0.717, 1.165) is 0 Å². The predicted molar refractivity (Wildman–Crippen MR) is 38.3 cm³/mol. The molecule has 0 N–H and O–H groups in total. The lowest BCUT2D eigenvalue weighted by Crippen LogP contribution is -1.94. The van der Waals surface area contributed by atoms with E-state index in [9.17, 15) is 9.18 Å². The molecule has 2 aromatic heterocycles. The van der Waals surface area contributed by atoms with Gasteiger partial charge in [-0.15, -0.1) is 0 Å². The summed E-state index contributed by atoms with van der Waals surface area (Å²) in [5.41, 5.74) is 0.359. The first-order valence-electron chi connectivity index (χ1n) is 3.26. The molecule has 0 amide bonds. The van der Waals surface area contributed by atoms with Crippen LogP contribution < -0.4 is 0 Å². The number of carbonyl (C=O) groups is 1. The maximum atomic E-state index is 12.5. The van der Waals surface area contributed by atoms with Gasteiger partial charge in [0.15, 0.2) is 6.29 Å². The number of halogens is 1. The summed E-state index contributed by atoms with van der Waals surface area (Å²) in [5.74, 6) is -0.414. The first-order valence-corrected chi connectivity index (χ1v) is 3.26. The van der Waals surface area contributed by atoms with Crippen molar-refractivity contribution < 1.29 is 9.18 Å². The Bertz CT molecular complexity index is 437. The molecule has 0 saturated carbocycles. The van der Waals surface area contributed by atoms with Gasteiger partial charge >= 0.3 is 0 Å². The van der Waals surface area contributed by atoms with E-state index in [2.05, 4.69) is 9.97 Å². The van der Waals surface area contributed by atoms with Crippen LogP contribution in [0.1, 0.15) is 10.5 Å². The van der Waals surface area contributed by atoms with Crippen molar-refractivity contribution in [2.24, 2.45) is 0 Å².